The monoisotopic (exact) mass is 867 g/mol. The van der Waals surface area contributed by atoms with E-state index in [0.29, 0.717) is 45.0 Å². The molecule has 8 rings (SSSR count). The first-order valence-corrected chi connectivity index (χ1v) is 17.3. The Bertz CT molecular complexity index is 2730. The molecule has 1 radical (unpaired) electrons. The van der Waals surface area contributed by atoms with E-state index in [1.54, 1.807) is 44.2 Å². The molecule has 0 aliphatic carbocycles. The summed E-state index contributed by atoms with van der Waals surface area (Å²) in [6.07, 6.45) is 1.27. The summed E-state index contributed by atoms with van der Waals surface area (Å²) in [6, 6.07) is 39.7. The Morgan fingerprint density at radius 3 is 2.12 bits per heavy atom. The maximum absolute atomic E-state index is 8.43. The van der Waals surface area contributed by atoms with Crippen LogP contribution in [0.1, 0.15) is 96.7 Å². The van der Waals surface area contributed by atoms with Crippen molar-refractivity contribution in [3.63, 3.8) is 0 Å². The fourth-order valence-electron chi connectivity index (χ4n) is 6.69. The van der Waals surface area contributed by atoms with Crippen LogP contribution < -0.4 is 0 Å². The van der Waals surface area contributed by atoms with Crippen LogP contribution in [0.5, 0.6) is 0 Å². The molecule has 3 heterocycles. The minimum atomic E-state index is -2.40. The summed E-state index contributed by atoms with van der Waals surface area (Å²) in [7, 11) is 0. The van der Waals surface area contributed by atoms with E-state index in [0.717, 1.165) is 22.4 Å². The van der Waals surface area contributed by atoms with Gasteiger partial charge in [-0.15, -0.1) is 54.1 Å². The van der Waals surface area contributed by atoms with Gasteiger partial charge in [0.2, 0.25) is 0 Å². The van der Waals surface area contributed by atoms with E-state index >= 15 is 0 Å². The van der Waals surface area contributed by atoms with Gasteiger partial charge in [0.25, 0.3) is 0 Å². The first kappa shape index (κ1) is 28.7. The van der Waals surface area contributed by atoms with E-state index in [9.17, 15) is 0 Å². The largest absolute Gasteiger partial charge is 0.500 e. The van der Waals surface area contributed by atoms with Gasteiger partial charge < -0.3 is 14.0 Å². The number of furan rings is 1. The predicted molar refractivity (Wildman–Crippen MR) is 213 cm³/mol. The fraction of sp³-hybridized carbons (Fsp3) is 0.234. The molecule has 4 nitrogen and oxygen atoms in total. The molecule has 0 aliphatic heterocycles. The molecule has 8 aromatic rings. The Morgan fingerprint density at radius 2 is 1.42 bits per heavy atom. The standard InChI is InChI=1S/C25H25N2.C22H20NO.Ir/c1-17(2)20-13-10-14-21(18(3)4)24(20)27-23-16-9-8-15-22(23)26-25(27)19-11-6-5-7-12-19;1-13(2)19-11-20(23-12-15(19)4)18-10-6-9-17-16-8-5-7-14(3)21(16)24-22(17)18;/h5-11,13-18H,1-4H3;5-9,11-13H,1-4H3;/q2*-1;/i;3D3,4D3,13D;. The van der Waals surface area contributed by atoms with Crippen molar-refractivity contribution in [1.29, 1.82) is 0 Å². The van der Waals surface area contributed by atoms with Crippen LogP contribution in [-0.4, -0.2) is 14.5 Å². The molecule has 0 bridgehead atoms. The molecule has 52 heavy (non-hydrogen) atoms. The molecule has 0 spiro atoms. The van der Waals surface area contributed by atoms with Crippen molar-refractivity contribution in [3.8, 4) is 28.3 Å². The summed E-state index contributed by atoms with van der Waals surface area (Å²) in [5.74, 6) is 0.629. The molecular weight excluding hydrogens is 815 g/mol. The number of aryl methyl sites for hydroxylation is 2. The van der Waals surface area contributed by atoms with Crippen LogP contribution in [-0.2, 0) is 20.1 Å². The second kappa shape index (κ2) is 15.4. The van der Waals surface area contributed by atoms with Crippen LogP contribution in [0.25, 0.3) is 61.3 Å². The van der Waals surface area contributed by atoms with Crippen molar-refractivity contribution in [2.75, 3.05) is 0 Å². The number of aromatic nitrogens is 3. The number of para-hydroxylation sites is 4. The van der Waals surface area contributed by atoms with E-state index in [4.69, 9.17) is 19.0 Å². The van der Waals surface area contributed by atoms with Gasteiger partial charge in [-0.3, -0.25) is 4.98 Å². The zero-order valence-electron chi connectivity index (χ0n) is 37.1. The number of hydrogen-bond acceptors (Lipinski definition) is 3. The first-order valence-electron chi connectivity index (χ1n) is 20.8. The minimum absolute atomic E-state index is 0. The van der Waals surface area contributed by atoms with Crippen molar-refractivity contribution < 1.29 is 34.1 Å². The Kier molecular flexibility index (Phi) is 8.51. The summed E-state index contributed by atoms with van der Waals surface area (Å²) in [5.41, 5.74) is 9.18. The summed E-state index contributed by atoms with van der Waals surface area (Å²) in [5, 5.41) is 1.38. The number of rotatable bonds is 6. The Hall–Kier alpha value is -4.83. The third-order valence-corrected chi connectivity index (χ3v) is 9.23. The average Bonchev–Trinajstić information content (AvgIpc) is 3.76. The van der Waals surface area contributed by atoms with Crippen molar-refractivity contribution >= 4 is 33.0 Å². The topological polar surface area (TPSA) is 43.9 Å². The predicted octanol–water partition coefficient (Wildman–Crippen LogP) is 12.9. The van der Waals surface area contributed by atoms with Crippen LogP contribution in [0.15, 0.2) is 114 Å². The number of pyridine rings is 1. The van der Waals surface area contributed by atoms with Gasteiger partial charge in [0, 0.05) is 47.0 Å². The van der Waals surface area contributed by atoms with E-state index in [1.807, 2.05) is 18.2 Å². The normalized spacial score (nSPS) is 14.1. The number of nitrogens with zero attached hydrogens (tertiary/aromatic N) is 3. The number of hydrogen-bond donors (Lipinski definition) is 0. The number of benzene rings is 5. The summed E-state index contributed by atoms with van der Waals surface area (Å²) >= 11 is 0. The van der Waals surface area contributed by atoms with E-state index in [1.165, 1.54) is 29.1 Å². The van der Waals surface area contributed by atoms with Crippen LogP contribution in [0.3, 0.4) is 0 Å². The first-order chi connectivity index (χ1) is 27.4. The van der Waals surface area contributed by atoms with Gasteiger partial charge in [-0.2, -0.15) is 0 Å². The quantitative estimate of drug-likeness (QED) is 0.156. The molecule has 5 aromatic carbocycles. The molecule has 0 N–H and O–H groups in total. The molecule has 0 fully saturated rings. The SMILES string of the molecule is CC(C)c1cccc(C(C)C)c1-n1c(-c2[c-]cccc2)nc2ccccc21.[2H]C([2H])([2H])c1cnc(-c2[c-]ccc3c2oc2c(C([2H])([2H])[2H])cccc23)cc1C([2H])(C)C.[Ir]. The van der Waals surface area contributed by atoms with Gasteiger partial charge in [-0.25, -0.2) is 0 Å². The van der Waals surface area contributed by atoms with Crippen molar-refractivity contribution in [2.45, 2.75) is 73.0 Å². The molecular formula is C47H45IrN3O-2. The van der Waals surface area contributed by atoms with Crippen molar-refractivity contribution in [1.82, 2.24) is 14.5 Å². The third kappa shape index (κ3) is 6.88. The molecule has 0 amide bonds. The zero-order valence-corrected chi connectivity index (χ0v) is 32.5. The molecule has 0 unspecified atom stereocenters. The minimum Gasteiger partial charge on any atom is -0.500 e. The second-order valence-corrected chi connectivity index (χ2v) is 13.6. The Balaban J connectivity index is 0.000000197. The summed E-state index contributed by atoms with van der Waals surface area (Å²) in [4.78, 5) is 9.33. The molecule has 3 aromatic heterocycles. The van der Waals surface area contributed by atoms with Crippen LogP contribution in [0.2, 0.25) is 0 Å². The van der Waals surface area contributed by atoms with Crippen LogP contribution >= 0.6 is 0 Å². The molecule has 5 heteroatoms. The van der Waals surface area contributed by atoms with Crippen LogP contribution in [0, 0.1) is 25.8 Å². The van der Waals surface area contributed by atoms with E-state index in [2.05, 4.69) is 97.9 Å². The van der Waals surface area contributed by atoms with Crippen molar-refractivity contribution in [2.24, 2.45) is 0 Å². The summed E-state index contributed by atoms with van der Waals surface area (Å²) in [6.45, 7) is 7.55. The smallest absolute Gasteiger partial charge is 0.123 e. The second-order valence-electron chi connectivity index (χ2n) is 13.6. The molecule has 0 saturated carbocycles. The third-order valence-electron chi connectivity index (χ3n) is 9.23. The van der Waals surface area contributed by atoms with Gasteiger partial charge in [0.05, 0.1) is 22.4 Å². The van der Waals surface area contributed by atoms with E-state index in [-0.39, 0.29) is 36.8 Å². The number of fused-ring (bicyclic) bond motifs is 4. The zero-order chi connectivity index (χ0) is 41.7. The number of imidazole rings is 1. The Morgan fingerprint density at radius 1 is 0.712 bits per heavy atom. The van der Waals surface area contributed by atoms with Gasteiger partial charge in [0.15, 0.2) is 0 Å². The molecule has 0 saturated heterocycles. The average molecular weight is 867 g/mol. The van der Waals surface area contributed by atoms with Crippen LogP contribution in [0.4, 0.5) is 0 Å². The maximum atomic E-state index is 8.43. The molecule has 0 aliphatic rings. The van der Waals surface area contributed by atoms with Gasteiger partial charge >= 0.3 is 0 Å². The van der Waals surface area contributed by atoms with Gasteiger partial charge in [0.1, 0.15) is 5.58 Å². The fourth-order valence-corrected chi connectivity index (χ4v) is 6.69. The van der Waals surface area contributed by atoms with Gasteiger partial charge in [-0.05, 0) is 77.1 Å². The van der Waals surface area contributed by atoms with E-state index < -0.39 is 19.6 Å². The molecule has 265 valence electrons. The molecule has 0 atom stereocenters. The van der Waals surface area contributed by atoms with Crippen molar-refractivity contribution in [3.05, 3.63) is 149 Å². The maximum Gasteiger partial charge on any atom is 0.123 e. The summed E-state index contributed by atoms with van der Waals surface area (Å²) < 4.78 is 63.6. The van der Waals surface area contributed by atoms with Gasteiger partial charge in [-0.1, -0.05) is 107 Å². The Labute approximate surface area is 331 Å².